The molecule has 4 fully saturated rings. The summed E-state index contributed by atoms with van der Waals surface area (Å²) >= 11 is 0. The van der Waals surface area contributed by atoms with Crippen LogP contribution in [-0.2, 0) is 18.9 Å². The average molecular weight is 367 g/mol. The first-order valence-corrected chi connectivity index (χ1v) is 11.1. The zero-order valence-corrected chi connectivity index (χ0v) is 16.8. The van der Waals surface area contributed by atoms with Crippen molar-refractivity contribution in [3.8, 4) is 0 Å². The lowest BCUT2D eigenvalue weighted by Crippen LogP contribution is -2.39. The van der Waals surface area contributed by atoms with Gasteiger partial charge in [0, 0.05) is 6.61 Å². The fourth-order valence-corrected chi connectivity index (χ4v) is 5.29. The van der Waals surface area contributed by atoms with Crippen LogP contribution in [0.3, 0.4) is 0 Å². The van der Waals surface area contributed by atoms with Gasteiger partial charge in [0.2, 0.25) is 0 Å². The summed E-state index contributed by atoms with van der Waals surface area (Å²) in [5, 5.41) is 0. The maximum Gasteiger partial charge on any atom is 0.104 e. The van der Waals surface area contributed by atoms with Gasteiger partial charge in [-0.2, -0.15) is 0 Å². The second-order valence-corrected chi connectivity index (χ2v) is 9.67. The van der Waals surface area contributed by atoms with Gasteiger partial charge in [0.15, 0.2) is 0 Å². The third kappa shape index (κ3) is 5.21. The van der Waals surface area contributed by atoms with Crippen LogP contribution in [0, 0.1) is 17.3 Å². The van der Waals surface area contributed by atoms with E-state index in [9.17, 15) is 0 Å². The summed E-state index contributed by atoms with van der Waals surface area (Å²) in [7, 11) is 0. The first-order chi connectivity index (χ1) is 12.6. The van der Waals surface area contributed by atoms with Gasteiger partial charge in [-0.3, -0.25) is 0 Å². The molecule has 2 aliphatic heterocycles. The quantitative estimate of drug-likeness (QED) is 0.569. The largest absolute Gasteiger partial charge is 0.378 e. The molecule has 0 N–H and O–H groups in total. The molecule has 4 aliphatic rings. The lowest BCUT2D eigenvalue weighted by atomic mass is 9.60. The second-order valence-electron chi connectivity index (χ2n) is 9.67. The van der Waals surface area contributed by atoms with E-state index in [1.54, 1.807) is 0 Å². The Labute approximate surface area is 159 Å². The Kier molecular flexibility index (Phi) is 6.24. The first kappa shape index (κ1) is 19.2. The molecule has 2 aliphatic carbocycles. The molecule has 4 heteroatoms. The molecule has 0 aromatic rings. The minimum absolute atomic E-state index is 0.401. The highest BCUT2D eigenvalue weighted by Gasteiger charge is 2.41. The van der Waals surface area contributed by atoms with E-state index < -0.39 is 0 Å². The van der Waals surface area contributed by atoms with Crippen molar-refractivity contribution in [3.63, 3.8) is 0 Å². The van der Waals surface area contributed by atoms with Crippen molar-refractivity contribution < 1.29 is 18.9 Å². The number of ether oxygens (including phenoxy) is 4. The summed E-state index contributed by atoms with van der Waals surface area (Å²) in [5.41, 5.74) is 0.456. The number of epoxide rings is 2. The van der Waals surface area contributed by atoms with Crippen molar-refractivity contribution in [2.45, 2.75) is 96.1 Å². The van der Waals surface area contributed by atoms with E-state index in [0.29, 0.717) is 29.8 Å². The van der Waals surface area contributed by atoms with Crippen LogP contribution in [0.4, 0.5) is 0 Å². The highest BCUT2D eigenvalue weighted by atomic mass is 16.6. The lowest BCUT2D eigenvalue weighted by Gasteiger charge is -2.46. The molecule has 2 saturated carbocycles. The van der Waals surface area contributed by atoms with Crippen LogP contribution < -0.4 is 0 Å². The van der Waals surface area contributed by atoms with Gasteiger partial charge in [0.05, 0.1) is 38.1 Å². The molecule has 0 radical (unpaired) electrons. The Morgan fingerprint density at radius 2 is 1.23 bits per heavy atom. The fraction of sp³-hybridized carbons (Fsp3) is 1.00. The summed E-state index contributed by atoms with van der Waals surface area (Å²) < 4.78 is 22.7. The van der Waals surface area contributed by atoms with Crippen LogP contribution in [0.15, 0.2) is 0 Å². The minimum Gasteiger partial charge on any atom is -0.378 e. The average Bonchev–Trinajstić information content (AvgIpc) is 3.55. The van der Waals surface area contributed by atoms with E-state index in [1.807, 2.05) is 0 Å². The molecule has 2 saturated heterocycles. The maximum atomic E-state index is 6.10. The van der Waals surface area contributed by atoms with Crippen LogP contribution >= 0.6 is 0 Å². The number of rotatable bonds is 9. The molecular formula is C22H38O4. The predicted molar refractivity (Wildman–Crippen MR) is 101 cm³/mol. The number of hydrogen-bond acceptors (Lipinski definition) is 4. The van der Waals surface area contributed by atoms with Crippen molar-refractivity contribution in [2.24, 2.45) is 17.3 Å². The normalized spacial score (nSPS) is 40.4. The fourth-order valence-electron chi connectivity index (χ4n) is 5.29. The van der Waals surface area contributed by atoms with Gasteiger partial charge in [0.25, 0.3) is 0 Å². The van der Waals surface area contributed by atoms with Crippen molar-refractivity contribution in [2.75, 3.05) is 26.4 Å². The summed E-state index contributed by atoms with van der Waals surface area (Å²) in [5.74, 6) is 1.71. The van der Waals surface area contributed by atoms with Crippen molar-refractivity contribution in [3.05, 3.63) is 0 Å². The van der Waals surface area contributed by atoms with E-state index in [0.717, 1.165) is 44.7 Å². The zero-order chi connectivity index (χ0) is 18.0. The predicted octanol–water partition coefficient (Wildman–Crippen LogP) is 4.35. The van der Waals surface area contributed by atoms with Crippen molar-refractivity contribution >= 4 is 0 Å². The molecule has 0 aromatic heterocycles. The molecule has 4 nitrogen and oxygen atoms in total. The SMILES string of the molecule is CC(C)(C1CCC(OCC[C@H]2CO2)CC1)C1CCC(OCC2CO2)CC1. The molecule has 4 rings (SSSR count). The molecule has 0 amide bonds. The topological polar surface area (TPSA) is 43.5 Å². The molecule has 0 bridgehead atoms. The van der Waals surface area contributed by atoms with Gasteiger partial charge in [-0.1, -0.05) is 13.8 Å². The molecule has 0 aromatic carbocycles. The van der Waals surface area contributed by atoms with E-state index >= 15 is 0 Å². The van der Waals surface area contributed by atoms with E-state index in [1.165, 1.54) is 51.4 Å². The van der Waals surface area contributed by atoms with Gasteiger partial charge in [0.1, 0.15) is 6.10 Å². The molecule has 1 unspecified atom stereocenters. The second kappa shape index (κ2) is 8.46. The minimum atomic E-state index is 0.401. The Hall–Kier alpha value is -0.160. The molecule has 2 heterocycles. The van der Waals surface area contributed by atoms with E-state index in [2.05, 4.69) is 13.8 Å². The van der Waals surface area contributed by atoms with Gasteiger partial charge in [-0.25, -0.2) is 0 Å². The van der Waals surface area contributed by atoms with Gasteiger partial charge in [-0.05, 0) is 75.0 Å². The lowest BCUT2D eigenvalue weighted by molar-refractivity contribution is -0.0376. The molecular weight excluding hydrogens is 328 g/mol. The van der Waals surface area contributed by atoms with Crippen LogP contribution in [0.2, 0.25) is 0 Å². The molecule has 150 valence electrons. The maximum absolute atomic E-state index is 6.10. The third-order valence-electron chi connectivity index (χ3n) is 7.57. The Balaban J connectivity index is 1.16. The van der Waals surface area contributed by atoms with Crippen molar-refractivity contribution in [1.29, 1.82) is 0 Å². The monoisotopic (exact) mass is 366 g/mol. The van der Waals surface area contributed by atoms with Crippen molar-refractivity contribution in [1.82, 2.24) is 0 Å². The Morgan fingerprint density at radius 3 is 1.73 bits per heavy atom. The van der Waals surface area contributed by atoms with Gasteiger partial charge < -0.3 is 18.9 Å². The molecule has 26 heavy (non-hydrogen) atoms. The molecule has 2 atom stereocenters. The van der Waals surface area contributed by atoms with Crippen LogP contribution in [0.25, 0.3) is 0 Å². The van der Waals surface area contributed by atoms with Crippen LogP contribution in [0.1, 0.15) is 71.6 Å². The van der Waals surface area contributed by atoms with Crippen LogP contribution in [0.5, 0.6) is 0 Å². The van der Waals surface area contributed by atoms with Gasteiger partial charge in [-0.15, -0.1) is 0 Å². The summed E-state index contributed by atoms with van der Waals surface area (Å²) in [6, 6.07) is 0. The molecule has 0 spiro atoms. The van der Waals surface area contributed by atoms with Crippen LogP contribution in [-0.4, -0.2) is 50.8 Å². The summed E-state index contributed by atoms with van der Waals surface area (Å²) in [6.07, 6.45) is 13.3. The standard InChI is InChI=1S/C22H38O4/c1-22(2,17-5-9-19(10-6-17)24-14-21-15-26-21)16-3-7-18(8-4-16)23-12-11-20-13-25-20/h16-21H,3-15H2,1-2H3/t16?,17?,18?,19?,20-,21?/m0/s1. The Morgan fingerprint density at radius 1 is 0.731 bits per heavy atom. The van der Waals surface area contributed by atoms with E-state index in [-0.39, 0.29) is 0 Å². The van der Waals surface area contributed by atoms with E-state index in [4.69, 9.17) is 18.9 Å². The summed E-state index contributed by atoms with van der Waals surface area (Å²) in [6.45, 7) is 8.63. The smallest absolute Gasteiger partial charge is 0.104 e. The van der Waals surface area contributed by atoms with Gasteiger partial charge >= 0.3 is 0 Å². The number of hydrogen-bond donors (Lipinski definition) is 0. The highest BCUT2D eigenvalue weighted by Crippen LogP contribution is 2.48. The zero-order valence-electron chi connectivity index (χ0n) is 16.8. The Bertz CT molecular complexity index is 427. The highest BCUT2D eigenvalue weighted by molar-refractivity contribution is 4.91. The summed E-state index contributed by atoms with van der Waals surface area (Å²) in [4.78, 5) is 0. The third-order valence-corrected chi connectivity index (χ3v) is 7.57. The first-order valence-electron chi connectivity index (χ1n) is 11.1.